The molecule has 0 atom stereocenters. The first kappa shape index (κ1) is 13.6. The molecule has 0 aliphatic rings. The van der Waals surface area contributed by atoms with Crippen molar-refractivity contribution in [2.45, 2.75) is 6.61 Å². The summed E-state index contributed by atoms with van der Waals surface area (Å²) in [6, 6.07) is 9.98. The van der Waals surface area contributed by atoms with Gasteiger partial charge in [0.15, 0.2) is 0 Å². The van der Waals surface area contributed by atoms with Crippen LogP contribution in [0.2, 0.25) is 0 Å². The van der Waals surface area contributed by atoms with Gasteiger partial charge in [-0.2, -0.15) is 5.26 Å². The van der Waals surface area contributed by atoms with E-state index >= 15 is 0 Å². The molecule has 0 spiro atoms. The zero-order valence-electron chi connectivity index (χ0n) is 11.2. The topological polar surface area (TPSA) is 77.0 Å². The summed E-state index contributed by atoms with van der Waals surface area (Å²) in [7, 11) is 3.01. The second-order valence-corrected chi connectivity index (χ2v) is 4.30. The molecule has 0 saturated carbocycles. The minimum Gasteiger partial charge on any atom is -0.487 e. The van der Waals surface area contributed by atoms with E-state index in [9.17, 15) is 9.59 Å². The highest BCUT2D eigenvalue weighted by Gasteiger charge is 2.06. The first-order chi connectivity index (χ1) is 9.52. The monoisotopic (exact) mass is 271 g/mol. The van der Waals surface area contributed by atoms with Crippen molar-refractivity contribution in [1.29, 1.82) is 5.26 Å². The summed E-state index contributed by atoms with van der Waals surface area (Å²) in [5.41, 5.74) is 0.267. The van der Waals surface area contributed by atoms with Crippen LogP contribution in [0.4, 0.5) is 0 Å². The zero-order chi connectivity index (χ0) is 14.7. The maximum atomic E-state index is 11.7. The maximum Gasteiger partial charge on any atom is 0.330 e. The number of hydrogen-bond donors (Lipinski definition) is 0. The number of nitriles is 1. The van der Waals surface area contributed by atoms with E-state index in [2.05, 4.69) is 0 Å². The van der Waals surface area contributed by atoms with Gasteiger partial charge in [-0.1, -0.05) is 0 Å². The van der Waals surface area contributed by atoms with Crippen LogP contribution in [-0.4, -0.2) is 9.13 Å². The molecule has 0 N–H and O–H groups in total. The fraction of sp³-hybridized carbons (Fsp3) is 0.214. The van der Waals surface area contributed by atoms with Gasteiger partial charge in [0.2, 0.25) is 0 Å². The van der Waals surface area contributed by atoms with E-state index in [-0.39, 0.29) is 12.2 Å². The molecule has 6 heteroatoms. The van der Waals surface area contributed by atoms with Crippen molar-refractivity contribution in [3.63, 3.8) is 0 Å². The predicted octanol–water partition coefficient (Wildman–Crippen LogP) is 0.535. The van der Waals surface area contributed by atoms with Crippen LogP contribution in [0.5, 0.6) is 5.75 Å². The summed E-state index contributed by atoms with van der Waals surface area (Å²) in [4.78, 5) is 23.3. The molecule has 1 aromatic heterocycles. The van der Waals surface area contributed by atoms with Crippen LogP contribution >= 0.6 is 0 Å². The minimum absolute atomic E-state index is 0.105. The Hall–Kier alpha value is -2.81. The van der Waals surface area contributed by atoms with E-state index in [1.165, 1.54) is 17.7 Å². The Bertz CT molecular complexity index is 779. The molecule has 0 radical (unpaired) electrons. The van der Waals surface area contributed by atoms with Gasteiger partial charge in [0, 0.05) is 20.2 Å². The molecule has 1 heterocycles. The third kappa shape index (κ3) is 2.62. The van der Waals surface area contributed by atoms with Gasteiger partial charge in [0.05, 0.1) is 17.3 Å². The fourth-order valence-electron chi connectivity index (χ4n) is 1.70. The Balaban J connectivity index is 2.21. The Morgan fingerprint density at radius 1 is 1.15 bits per heavy atom. The lowest BCUT2D eigenvalue weighted by Gasteiger charge is -2.10. The number of ether oxygens (including phenoxy) is 1. The van der Waals surface area contributed by atoms with Gasteiger partial charge in [-0.3, -0.25) is 13.9 Å². The summed E-state index contributed by atoms with van der Waals surface area (Å²) in [6.07, 6.45) is 0. The molecule has 0 amide bonds. The smallest absolute Gasteiger partial charge is 0.330 e. The van der Waals surface area contributed by atoms with Crippen molar-refractivity contribution in [2.24, 2.45) is 14.1 Å². The van der Waals surface area contributed by atoms with Crippen molar-refractivity contribution >= 4 is 0 Å². The van der Waals surface area contributed by atoms with Gasteiger partial charge in [0.25, 0.3) is 5.56 Å². The highest BCUT2D eigenvalue weighted by Crippen LogP contribution is 2.12. The van der Waals surface area contributed by atoms with Gasteiger partial charge in [0.1, 0.15) is 12.4 Å². The van der Waals surface area contributed by atoms with Crippen LogP contribution in [0.1, 0.15) is 11.3 Å². The number of rotatable bonds is 3. The highest BCUT2D eigenvalue weighted by atomic mass is 16.5. The molecule has 6 nitrogen and oxygen atoms in total. The second kappa shape index (κ2) is 5.45. The van der Waals surface area contributed by atoms with Gasteiger partial charge < -0.3 is 4.74 Å². The zero-order valence-corrected chi connectivity index (χ0v) is 11.2. The Labute approximate surface area is 115 Å². The molecule has 0 fully saturated rings. The van der Waals surface area contributed by atoms with Crippen LogP contribution in [0, 0.1) is 11.3 Å². The van der Waals surface area contributed by atoms with Gasteiger partial charge in [-0.25, -0.2) is 4.79 Å². The highest BCUT2D eigenvalue weighted by molar-refractivity contribution is 5.34. The normalized spacial score (nSPS) is 10.1. The molecule has 102 valence electrons. The Morgan fingerprint density at radius 3 is 2.40 bits per heavy atom. The van der Waals surface area contributed by atoms with E-state index in [1.54, 1.807) is 31.3 Å². The molecule has 2 rings (SSSR count). The van der Waals surface area contributed by atoms with Gasteiger partial charge in [-0.15, -0.1) is 0 Å². The molecular formula is C14H13N3O3. The minimum atomic E-state index is -0.393. The molecular weight excluding hydrogens is 258 g/mol. The van der Waals surface area contributed by atoms with Crippen molar-refractivity contribution in [3.8, 4) is 11.8 Å². The average Bonchev–Trinajstić information content (AvgIpc) is 2.48. The largest absolute Gasteiger partial charge is 0.487 e. The lowest BCUT2D eigenvalue weighted by Crippen LogP contribution is -2.38. The summed E-state index contributed by atoms with van der Waals surface area (Å²) in [5.74, 6) is 0.567. The fourth-order valence-corrected chi connectivity index (χ4v) is 1.70. The van der Waals surface area contributed by atoms with Crippen LogP contribution in [0.25, 0.3) is 0 Å². The predicted molar refractivity (Wildman–Crippen MR) is 72.4 cm³/mol. The van der Waals surface area contributed by atoms with E-state index in [0.717, 1.165) is 4.57 Å². The molecule has 1 aromatic carbocycles. The molecule has 0 aliphatic carbocycles. The van der Waals surface area contributed by atoms with E-state index in [4.69, 9.17) is 10.00 Å². The number of aromatic nitrogens is 2. The molecule has 0 saturated heterocycles. The summed E-state index contributed by atoms with van der Waals surface area (Å²) in [5, 5.41) is 8.69. The van der Waals surface area contributed by atoms with Crippen molar-refractivity contribution < 1.29 is 4.74 Å². The van der Waals surface area contributed by atoms with Crippen molar-refractivity contribution in [1.82, 2.24) is 9.13 Å². The SMILES string of the molecule is Cn1c(COc2ccc(C#N)cc2)cc(=O)n(C)c1=O. The van der Waals surface area contributed by atoms with Crippen molar-refractivity contribution in [3.05, 3.63) is 62.4 Å². The van der Waals surface area contributed by atoms with Gasteiger partial charge in [-0.05, 0) is 24.3 Å². The first-order valence-electron chi connectivity index (χ1n) is 5.92. The molecule has 0 aliphatic heterocycles. The van der Waals surface area contributed by atoms with Gasteiger partial charge >= 0.3 is 5.69 Å². The standard InChI is InChI=1S/C14H13N3O3/c1-16-11(7-13(18)17(2)14(16)19)9-20-12-5-3-10(8-15)4-6-12/h3-7H,9H2,1-2H3. The summed E-state index contributed by atoms with van der Waals surface area (Å²) < 4.78 is 7.90. The quantitative estimate of drug-likeness (QED) is 0.816. The van der Waals surface area contributed by atoms with E-state index < -0.39 is 5.69 Å². The lowest BCUT2D eigenvalue weighted by molar-refractivity contribution is 0.293. The average molecular weight is 271 g/mol. The third-order valence-corrected chi connectivity index (χ3v) is 3.00. The van der Waals surface area contributed by atoms with E-state index in [0.29, 0.717) is 17.0 Å². The Kier molecular flexibility index (Phi) is 3.71. The first-order valence-corrected chi connectivity index (χ1v) is 5.92. The molecule has 0 unspecified atom stereocenters. The summed E-state index contributed by atoms with van der Waals surface area (Å²) in [6.45, 7) is 0.105. The molecule has 20 heavy (non-hydrogen) atoms. The van der Waals surface area contributed by atoms with Crippen LogP contribution in [-0.2, 0) is 20.7 Å². The number of hydrogen-bond acceptors (Lipinski definition) is 4. The van der Waals surface area contributed by atoms with Crippen LogP contribution in [0.3, 0.4) is 0 Å². The maximum absolute atomic E-state index is 11.7. The van der Waals surface area contributed by atoms with Crippen LogP contribution < -0.4 is 16.0 Å². The number of nitrogens with zero attached hydrogens (tertiary/aromatic N) is 3. The lowest BCUT2D eigenvalue weighted by atomic mass is 10.2. The van der Waals surface area contributed by atoms with Crippen molar-refractivity contribution in [2.75, 3.05) is 0 Å². The summed E-state index contributed by atoms with van der Waals surface area (Å²) >= 11 is 0. The molecule has 2 aromatic rings. The second-order valence-electron chi connectivity index (χ2n) is 4.30. The number of benzene rings is 1. The third-order valence-electron chi connectivity index (χ3n) is 3.00. The molecule has 0 bridgehead atoms. The Morgan fingerprint density at radius 2 is 1.80 bits per heavy atom. The van der Waals surface area contributed by atoms with E-state index in [1.807, 2.05) is 6.07 Å². The van der Waals surface area contributed by atoms with Crippen LogP contribution in [0.15, 0.2) is 39.9 Å².